The highest BCUT2D eigenvalue weighted by Crippen LogP contribution is 2.23. The monoisotopic (exact) mass is 262 g/mol. The molecule has 104 valence electrons. The van der Waals surface area contributed by atoms with Crippen molar-refractivity contribution in [2.45, 2.75) is 31.9 Å². The molecule has 1 fully saturated rings. The molecule has 4 heteroatoms. The van der Waals surface area contributed by atoms with E-state index in [1.165, 1.54) is 0 Å². The van der Waals surface area contributed by atoms with Crippen molar-refractivity contribution in [1.29, 1.82) is 0 Å². The number of aliphatic hydroxyl groups is 1. The van der Waals surface area contributed by atoms with Gasteiger partial charge in [0, 0.05) is 13.1 Å². The van der Waals surface area contributed by atoms with Gasteiger partial charge in [-0.05, 0) is 18.9 Å². The summed E-state index contributed by atoms with van der Waals surface area (Å²) in [5.41, 5.74) is 0.523. The van der Waals surface area contributed by atoms with E-state index in [0.29, 0.717) is 19.6 Å². The van der Waals surface area contributed by atoms with Crippen LogP contribution in [0.4, 0.5) is 0 Å². The van der Waals surface area contributed by atoms with Crippen molar-refractivity contribution >= 4 is 5.91 Å². The van der Waals surface area contributed by atoms with Gasteiger partial charge in [0.05, 0.1) is 18.2 Å². The molecular weight excluding hydrogens is 240 g/mol. The largest absolute Gasteiger partial charge is 0.387 e. The second kappa shape index (κ2) is 5.72. The fourth-order valence-electron chi connectivity index (χ4n) is 2.44. The maximum atomic E-state index is 11.9. The first-order valence-electron chi connectivity index (χ1n) is 6.81. The van der Waals surface area contributed by atoms with E-state index >= 15 is 0 Å². The van der Waals surface area contributed by atoms with Gasteiger partial charge < -0.3 is 10.4 Å². The number of nitrogens with one attached hydrogen (secondary N) is 1. The van der Waals surface area contributed by atoms with Crippen molar-refractivity contribution in [2.24, 2.45) is 0 Å². The maximum absolute atomic E-state index is 11.9. The molecule has 1 saturated heterocycles. The van der Waals surface area contributed by atoms with E-state index in [-0.39, 0.29) is 11.9 Å². The molecule has 0 saturated carbocycles. The maximum Gasteiger partial charge on any atom is 0.234 e. The Labute approximate surface area is 114 Å². The van der Waals surface area contributed by atoms with Gasteiger partial charge in [-0.1, -0.05) is 37.3 Å². The first kappa shape index (κ1) is 14.0. The molecule has 1 aliphatic rings. The Balaban J connectivity index is 1.77. The van der Waals surface area contributed by atoms with Crippen molar-refractivity contribution in [1.82, 2.24) is 10.2 Å². The van der Waals surface area contributed by atoms with Crippen molar-refractivity contribution in [3.05, 3.63) is 35.9 Å². The predicted octanol–water partition coefficient (Wildman–Crippen LogP) is 1.32. The summed E-state index contributed by atoms with van der Waals surface area (Å²) in [4.78, 5) is 13.9. The van der Waals surface area contributed by atoms with Crippen molar-refractivity contribution in [3.8, 4) is 0 Å². The van der Waals surface area contributed by atoms with Gasteiger partial charge in [0.2, 0.25) is 5.91 Å². The summed E-state index contributed by atoms with van der Waals surface area (Å²) in [7, 11) is 0. The third-order valence-electron chi connectivity index (χ3n) is 3.74. The minimum Gasteiger partial charge on any atom is -0.387 e. The number of rotatable bonds is 5. The number of hydrogen-bond acceptors (Lipinski definition) is 3. The number of carbonyl (C=O) groups excluding carboxylic acids is 1. The molecule has 2 N–H and O–H groups in total. The summed E-state index contributed by atoms with van der Waals surface area (Å²) in [6.45, 7) is 5.49. The average Bonchev–Trinajstić information content (AvgIpc) is 2.37. The first-order chi connectivity index (χ1) is 9.02. The quantitative estimate of drug-likeness (QED) is 0.841. The van der Waals surface area contributed by atoms with Gasteiger partial charge >= 0.3 is 0 Å². The molecule has 1 heterocycles. The van der Waals surface area contributed by atoms with E-state index in [1.807, 2.05) is 49.1 Å². The van der Waals surface area contributed by atoms with Crippen LogP contribution in [0, 0.1) is 0 Å². The first-order valence-corrected chi connectivity index (χ1v) is 6.81. The Kier molecular flexibility index (Phi) is 4.22. The van der Waals surface area contributed by atoms with Crippen LogP contribution in [-0.2, 0) is 4.79 Å². The molecule has 19 heavy (non-hydrogen) atoms. The van der Waals surface area contributed by atoms with Gasteiger partial charge in [0.25, 0.3) is 0 Å². The summed E-state index contributed by atoms with van der Waals surface area (Å²) in [5.74, 6) is 0.00880. The Morgan fingerprint density at radius 3 is 2.63 bits per heavy atom. The summed E-state index contributed by atoms with van der Waals surface area (Å²) in [6.07, 6.45) is 0.742. The van der Waals surface area contributed by atoms with Gasteiger partial charge in [0.15, 0.2) is 0 Å². The number of benzene rings is 1. The number of nitrogens with zero attached hydrogens (tertiary/aromatic N) is 1. The lowest BCUT2D eigenvalue weighted by Crippen LogP contribution is -2.63. The lowest BCUT2D eigenvalue weighted by Gasteiger charge is -2.45. The molecule has 1 aromatic carbocycles. The highest BCUT2D eigenvalue weighted by Gasteiger charge is 2.39. The molecule has 0 aliphatic carbocycles. The normalized spacial score (nSPS) is 19.5. The minimum absolute atomic E-state index is 0.00880. The van der Waals surface area contributed by atoms with Gasteiger partial charge in [0.1, 0.15) is 0 Å². The third-order valence-corrected chi connectivity index (χ3v) is 3.74. The zero-order valence-corrected chi connectivity index (χ0v) is 11.6. The Hall–Kier alpha value is -1.39. The van der Waals surface area contributed by atoms with E-state index in [4.69, 9.17) is 0 Å². The molecule has 1 amide bonds. The fourth-order valence-corrected chi connectivity index (χ4v) is 2.44. The number of β-amino-alcohol motifs (C(OH)–C–C–N with tert-alkyl or cyclic N) is 1. The SMILES string of the molecule is CCC1(O)CN(CC(=O)NC(C)c2ccccc2)C1. The molecule has 0 radical (unpaired) electrons. The minimum atomic E-state index is -0.578. The summed E-state index contributed by atoms with van der Waals surface area (Å²) in [5, 5.41) is 12.9. The highest BCUT2D eigenvalue weighted by atomic mass is 16.3. The van der Waals surface area contributed by atoms with E-state index in [0.717, 1.165) is 12.0 Å². The number of hydrogen-bond donors (Lipinski definition) is 2. The number of likely N-dealkylation sites (tertiary alicyclic amines) is 1. The topological polar surface area (TPSA) is 52.6 Å². The highest BCUT2D eigenvalue weighted by molar-refractivity contribution is 5.78. The van der Waals surface area contributed by atoms with Crippen LogP contribution in [0.5, 0.6) is 0 Å². The van der Waals surface area contributed by atoms with Crippen LogP contribution in [-0.4, -0.2) is 41.1 Å². The van der Waals surface area contributed by atoms with Crippen LogP contribution in [0.1, 0.15) is 31.9 Å². The standard InChI is InChI=1S/C15H22N2O2/c1-3-15(19)10-17(11-15)9-14(18)16-12(2)13-7-5-4-6-8-13/h4-8,12,19H,3,9-11H2,1-2H3,(H,16,18). The van der Waals surface area contributed by atoms with Gasteiger partial charge in [-0.15, -0.1) is 0 Å². The number of amides is 1. The molecular formula is C15H22N2O2. The van der Waals surface area contributed by atoms with E-state index in [2.05, 4.69) is 5.32 Å². The summed E-state index contributed by atoms with van der Waals surface area (Å²) in [6, 6.07) is 9.92. The zero-order valence-electron chi connectivity index (χ0n) is 11.6. The van der Waals surface area contributed by atoms with Crippen LogP contribution >= 0.6 is 0 Å². The summed E-state index contributed by atoms with van der Waals surface area (Å²) < 4.78 is 0. The van der Waals surface area contributed by atoms with E-state index < -0.39 is 5.60 Å². The zero-order chi connectivity index (χ0) is 13.9. The van der Waals surface area contributed by atoms with Crippen molar-refractivity contribution in [3.63, 3.8) is 0 Å². The number of carbonyl (C=O) groups is 1. The Morgan fingerprint density at radius 1 is 1.42 bits per heavy atom. The second-order valence-electron chi connectivity index (χ2n) is 5.42. The summed E-state index contributed by atoms with van der Waals surface area (Å²) >= 11 is 0. The van der Waals surface area contributed by atoms with E-state index in [9.17, 15) is 9.90 Å². The fraction of sp³-hybridized carbons (Fsp3) is 0.533. The smallest absolute Gasteiger partial charge is 0.234 e. The van der Waals surface area contributed by atoms with Crippen LogP contribution in [0.2, 0.25) is 0 Å². The van der Waals surface area contributed by atoms with Gasteiger partial charge in [-0.3, -0.25) is 9.69 Å². The molecule has 0 aromatic heterocycles. The molecule has 0 bridgehead atoms. The molecule has 1 aliphatic heterocycles. The van der Waals surface area contributed by atoms with Crippen LogP contribution < -0.4 is 5.32 Å². The Bertz CT molecular complexity index is 427. The van der Waals surface area contributed by atoms with Crippen LogP contribution in [0.15, 0.2) is 30.3 Å². The molecule has 1 aromatic rings. The van der Waals surface area contributed by atoms with Crippen molar-refractivity contribution in [2.75, 3.05) is 19.6 Å². The molecule has 0 spiro atoms. The molecule has 4 nitrogen and oxygen atoms in total. The predicted molar refractivity (Wildman–Crippen MR) is 74.7 cm³/mol. The van der Waals surface area contributed by atoms with Crippen LogP contribution in [0.25, 0.3) is 0 Å². The lowest BCUT2D eigenvalue weighted by atomic mass is 9.91. The Morgan fingerprint density at radius 2 is 2.05 bits per heavy atom. The molecule has 1 atom stereocenters. The van der Waals surface area contributed by atoms with Gasteiger partial charge in [-0.2, -0.15) is 0 Å². The lowest BCUT2D eigenvalue weighted by molar-refractivity contribution is -0.133. The third kappa shape index (κ3) is 3.55. The molecule has 1 unspecified atom stereocenters. The van der Waals surface area contributed by atoms with Crippen LogP contribution in [0.3, 0.4) is 0 Å². The van der Waals surface area contributed by atoms with E-state index in [1.54, 1.807) is 0 Å². The molecule has 2 rings (SSSR count). The average molecular weight is 262 g/mol. The second-order valence-corrected chi connectivity index (χ2v) is 5.42. The van der Waals surface area contributed by atoms with Gasteiger partial charge in [-0.25, -0.2) is 0 Å². The van der Waals surface area contributed by atoms with Crippen molar-refractivity contribution < 1.29 is 9.90 Å².